The molecule has 1 amide bonds. The van der Waals surface area contributed by atoms with Crippen molar-refractivity contribution in [2.75, 3.05) is 19.7 Å². The molecule has 2 aromatic rings. The third kappa shape index (κ3) is 5.35. The van der Waals surface area contributed by atoms with Crippen LogP contribution in [0, 0.1) is 5.82 Å². The number of fused-ring (bicyclic) bond motifs is 1. The summed E-state index contributed by atoms with van der Waals surface area (Å²) in [6.07, 6.45) is 0.317. The summed E-state index contributed by atoms with van der Waals surface area (Å²) >= 11 is 0. The number of nitrogens with one attached hydrogen (secondary N) is 1. The zero-order valence-electron chi connectivity index (χ0n) is 15.1. The molecule has 7 nitrogen and oxygen atoms in total. The number of aromatic nitrogens is 2. The van der Waals surface area contributed by atoms with Gasteiger partial charge in [-0.3, -0.25) is 14.4 Å². The predicted molar refractivity (Wildman–Crippen MR) is 97.0 cm³/mol. The number of hydrogen-bond donors (Lipinski definition) is 3. The van der Waals surface area contributed by atoms with Crippen molar-refractivity contribution in [3.63, 3.8) is 0 Å². The Balaban J connectivity index is 1.48. The summed E-state index contributed by atoms with van der Waals surface area (Å²) in [5.41, 5.74) is 2.31. The molecule has 3 N–H and O–H groups in total. The number of benzene rings is 1. The van der Waals surface area contributed by atoms with Crippen LogP contribution in [0.25, 0.3) is 0 Å². The average molecular weight is 376 g/mol. The van der Waals surface area contributed by atoms with Gasteiger partial charge in [0.15, 0.2) is 0 Å². The number of hydrogen-bond acceptors (Lipinski definition) is 5. The van der Waals surface area contributed by atoms with Crippen molar-refractivity contribution in [2.45, 2.75) is 38.6 Å². The molecule has 0 saturated carbocycles. The fourth-order valence-corrected chi connectivity index (χ4v) is 3.15. The highest BCUT2D eigenvalue weighted by Crippen LogP contribution is 2.18. The Morgan fingerprint density at radius 3 is 2.81 bits per heavy atom. The maximum Gasteiger partial charge on any atom is 0.221 e. The van der Waals surface area contributed by atoms with E-state index in [4.69, 9.17) is 5.11 Å². The fourth-order valence-electron chi connectivity index (χ4n) is 3.15. The molecule has 0 aliphatic carbocycles. The van der Waals surface area contributed by atoms with Crippen LogP contribution in [0.4, 0.5) is 4.39 Å². The summed E-state index contributed by atoms with van der Waals surface area (Å²) in [6.45, 7) is 2.92. The second-order valence-corrected chi connectivity index (χ2v) is 6.76. The lowest BCUT2D eigenvalue weighted by Crippen LogP contribution is -2.30. The molecule has 1 aliphatic heterocycles. The zero-order valence-corrected chi connectivity index (χ0v) is 15.1. The highest BCUT2D eigenvalue weighted by Gasteiger charge is 2.19. The van der Waals surface area contributed by atoms with Crippen LogP contribution in [0.3, 0.4) is 0 Å². The van der Waals surface area contributed by atoms with Crippen LogP contribution in [0.15, 0.2) is 30.3 Å². The Kier molecular flexibility index (Phi) is 6.54. The smallest absolute Gasteiger partial charge is 0.221 e. The van der Waals surface area contributed by atoms with E-state index < -0.39 is 6.10 Å². The van der Waals surface area contributed by atoms with E-state index in [2.05, 4.69) is 15.3 Å². The molecule has 146 valence electrons. The Morgan fingerprint density at radius 1 is 1.30 bits per heavy atom. The molecule has 0 unspecified atom stereocenters. The maximum atomic E-state index is 12.9. The van der Waals surface area contributed by atoms with Gasteiger partial charge in [-0.2, -0.15) is 5.10 Å². The summed E-state index contributed by atoms with van der Waals surface area (Å²) < 4.78 is 14.8. The standard InChI is InChI=1S/C19H25FN4O3/c20-15-4-2-14(3-5-15)11-21-19(27)6-9-23-7-1-8-24-16(12-23)10-17(22-24)18(26)13-25/h2-5,10,18,25-26H,1,6-9,11-13H2,(H,21,27)/t18-/m0/s1. The van der Waals surface area contributed by atoms with Crippen molar-refractivity contribution in [1.82, 2.24) is 20.0 Å². The van der Waals surface area contributed by atoms with Gasteiger partial charge in [-0.25, -0.2) is 4.39 Å². The van der Waals surface area contributed by atoms with Crippen LogP contribution in [-0.2, 0) is 24.4 Å². The quantitative estimate of drug-likeness (QED) is 0.670. The second kappa shape index (κ2) is 9.07. The van der Waals surface area contributed by atoms with Gasteiger partial charge in [0.1, 0.15) is 11.9 Å². The molecule has 8 heteroatoms. The number of aryl methyl sites for hydroxylation is 1. The summed E-state index contributed by atoms with van der Waals surface area (Å²) in [7, 11) is 0. The largest absolute Gasteiger partial charge is 0.393 e. The third-order valence-corrected chi connectivity index (χ3v) is 4.68. The maximum absolute atomic E-state index is 12.9. The number of rotatable bonds is 7. The molecule has 27 heavy (non-hydrogen) atoms. The molecule has 1 aliphatic rings. The van der Waals surface area contributed by atoms with Gasteiger partial charge in [0.2, 0.25) is 5.91 Å². The van der Waals surface area contributed by atoms with Crippen LogP contribution < -0.4 is 5.32 Å². The highest BCUT2D eigenvalue weighted by molar-refractivity contribution is 5.76. The number of aliphatic hydroxyl groups is 2. The Bertz CT molecular complexity index is 763. The molecule has 0 saturated heterocycles. The van der Waals surface area contributed by atoms with Crippen molar-refractivity contribution in [3.8, 4) is 0 Å². The molecule has 3 rings (SSSR count). The molecule has 2 heterocycles. The Labute approximate surface area is 157 Å². The van der Waals surface area contributed by atoms with Crippen molar-refractivity contribution in [3.05, 3.63) is 53.1 Å². The van der Waals surface area contributed by atoms with Gasteiger partial charge in [-0.1, -0.05) is 12.1 Å². The van der Waals surface area contributed by atoms with Crippen molar-refractivity contribution < 1.29 is 19.4 Å². The van der Waals surface area contributed by atoms with Gasteiger partial charge in [-0.15, -0.1) is 0 Å². The van der Waals surface area contributed by atoms with Crippen molar-refractivity contribution in [1.29, 1.82) is 0 Å². The fraction of sp³-hybridized carbons (Fsp3) is 0.474. The lowest BCUT2D eigenvalue weighted by molar-refractivity contribution is -0.121. The molecule has 1 aromatic heterocycles. The van der Waals surface area contributed by atoms with E-state index in [-0.39, 0.29) is 18.3 Å². The summed E-state index contributed by atoms with van der Waals surface area (Å²) in [6, 6.07) is 7.88. The SMILES string of the molecule is O=C(CCN1CCCn2nc([C@@H](O)CO)cc2C1)NCc1ccc(F)cc1. The van der Waals surface area contributed by atoms with E-state index >= 15 is 0 Å². The van der Waals surface area contributed by atoms with E-state index in [0.717, 1.165) is 30.8 Å². The molecule has 0 fully saturated rings. The number of aliphatic hydroxyl groups excluding tert-OH is 2. The average Bonchev–Trinajstić information content (AvgIpc) is 2.97. The van der Waals surface area contributed by atoms with E-state index in [1.54, 1.807) is 12.1 Å². The minimum atomic E-state index is -0.963. The monoisotopic (exact) mass is 376 g/mol. The van der Waals surface area contributed by atoms with E-state index in [1.807, 2.05) is 10.7 Å². The van der Waals surface area contributed by atoms with Gasteiger partial charge in [0.25, 0.3) is 0 Å². The van der Waals surface area contributed by atoms with Gasteiger partial charge < -0.3 is 15.5 Å². The second-order valence-electron chi connectivity index (χ2n) is 6.76. The molecular weight excluding hydrogens is 351 g/mol. The van der Waals surface area contributed by atoms with E-state index in [0.29, 0.717) is 31.7 Å². The molecule has 1 aromatic carbocycles. The summed E-state index contributed by atoms with van der Waals surface area (Å²) in [5.74, 6) is -0.339. The van der Waals surface area contributed by atoms with Crippen LogP contribution in [-0.4, -0.2) is 50.5 Å². The normalized spacial score (nSPS) is 15.8. The van der Waals surface area contributed by atoms with E-state index in [1.165, 1.54) is 12.1 Å². The van der Waals surface area contributed by atoms with Crippen LogP contribution >= 0.6 is 0 Å². The lowest BCUT2D eigenvalue weighted by atomic mass is 10.2. The van der Waals surface area contributed by atoms with Gasteiger partial charge in [0.05, 0.1) is 18.0 Å². The first-order valence-corrected chi connectivity index (χ1v) is 9.14. The molecule has 0 radical (unpaired) electrons. The third-order valence-electron chi connectivity index (χ3n) is 4.68. The minimum absolute atomic E-state index is 0.0477. The first kappa shape index (κ1) is 19.5. The van der Waals surface area contributed by atoms with Crippen molar-refractivity contribution >= 4 is 5.91 Å². The van der Waals surface area contributed by atoms with Gasteiger partial charge in [0, 0.05) is 39.1 Å². The van der Waals surface area contributed by atoms with Crippen LogP contribution in [0.1, 0.15) is 35.9 Å². The number of amides is 1. The Morgan fingerprint density at radius 2 is 2.07 bits per heavy atom. The number of carbonyl (C=O) groups excluding carboxylic acids is 1. The summed E-state index contributed by atoms with van der Waals surface area (Å²) in [4.78, 5) is 14.3. The number of halogens is 1. The Hall–Kier alpha value is -2.29. The predicted octanol–water partition coefficient (Wildman–Crippen LogP) is 0.960. The first-order chi connectivity index (χ1) is 13.0. The number of nitrogens with zero attached hydrogens (tertiary/aromatic N) is 3. The zero-order chi connectivity index (χ0) is 19.2. The first-order valence-electron chi connectivity index (χ1n) is 9.14. The molecule has 0 bridgehead atoms. The van der Waals surface area contributed by atoms with E-state index in [9.17, 15) is 14.3 Å². The van der Waals surface area contributed by atoms with Crippen LogP contribution in [0.5, 0.6) is 0 Å². The molecule has 0 spiro atoms. The topological polar surface area (TPSA) is 90.6 Å². The lowest BCUT2D eigenvalue weighted by Gasteiger charge is -2.19. The molecular formula is C19H25FN4O3. The van der Waals surface area contributed by atoms with Gasteiger partial charge >= 0.3 is 0 Å². The number of carbonyl (C=O) groups is 1. The van der Waals surface area contributed by atoms with Crippen molar-refractivity contribution in [2.24, 2.45) is 0 Å². The highest BCUT2D eigenvalue weighted by atomic mass is 19.1. The molecule has 1 atom stereocenters. The van der Waals surface area contributed by atoms with Gasteiger partial charge in [-0.05, 0) is 30.2 Å². The van der Waals surface area contributed by atoms with Crippen LogP contribution in [0.2, 0.25) is 0 Å². The summed E-state index contributed by atoms with van der Waals surface area (Å²) in [5, 5.41) is 26.0. The minimum Gasteiger partial charge on any atom is -0.393 e.